The second-order valence-electron chi connectivity index (χ2n) is 6.23. The number of nitrogens with one attached hydrogen (secondary N) is 2. The summed E-state index contributed by atoms with van der Waals surface area (Å²) in [6, 6.07) is 3.32. The first kappa shape index (κ1) is 18.6. The van der Waals surface area contributed by atoms with Gasteiger partial charge in [0.1, 0.15) is 5.75 Å². The lowest BCUT2D eigenvalue weighted by molar-refractivity contribution is -0.114. The van der Waals surface area contributed by atoms with Crippen LogP contribution in [0.15, 0.2) is 12.1 Å². The fraction of sp³-hybridized carbons (Fsp3) is 0.556. The minimum atomic E-state index is -0.231. The van der Waals surface area contributed by atoms with Crippen LogP contribution in [-0.4, -0.2) is 25.0 Å². The quantitative estimate of drug-likeness (QED) is 0.855. The summed E-state index contributed by atoms with van der Waals surface area (Å²) in [6.45, 7) is 1.40. The standard InChI is InChI=1S/C18H25ClN2O3/c1-12(22)20-16-11-17(24-2)14(10-15(16)19)18(23)21-13-8-6-4-3-5-7-9-13/h10-11,13H,3-9H2,1-2H3,(H,20,22)(H,21,23). The summed E-state index contributed by atoms with van der Waals surface area (Å²) in [5, 5.41) is 6.04. The largest absolute Gasteiger partial charge is 0.496 e. The molecule has 6 heteroatoms. The number of benzene rings is 1. The fourth-order valence-electron chi connectivity index (χ4n) is 3.05. The van der Waals surface area contributed by atoms with E-state index in [2.05, 4.69) is 10.6 Å². The van der Waals surface area contributed by atoms with Gasteiger partial charge in [0.15, 0.2) is 0 Å². The first-order chi connectivity index (χ1) is 11.5. The molecule has 1 aromatic rings. The summed E-state index contributed by atoms with van der Waals surface area (Å²) in [5.74, 6) is -0.0223. The van der Waals surface area contributed by atoms with Crippen molar-refractivity contribution in [3.8, 4) is 5.75 Å². The van der Waals surface area contributed by atoms with E-state index in [1.807, 2.05) is 0 Å². The highest BCUT2D eigenvalue weighted by Crippen LogP contribution is 2.31. The molecule has 1 aromatic carbocycles. The maximum Gasteiger partial charge on any atom is 0.255 e. The summed E-state index contributed by atoms with van der Waals surface area (Å²) in [6.07, 6.45) is 8.04. The predicted molar refractivity (Wildman–Crippen MR) is 95.9 cm³/mol. The van der Waals surface area contributed by atoms with E-state index in [1.54, 1.807) is 12.1 Å². The molecule has 0 atom stereocenters. The van der Waals surface area contributed by atoms with E-state index in [9.17, 15) is 9.59 Å². The zero-order valence-corrected chi connectivity index (χ0v) is 15.0. The molecule has 0 unspecified atom stereocenters. The third-order valence-corrected chi connectivity index (χ3v) is 4.60. The molecule has 2 amide bonds. The van der Waals surface area contributed by atoms with Gasteiger partial charge in [-0.05, 0) is 18.9 Å². The number of anilines is 1. The predicted octanol–water partition coefficient (Wildman–Crippen LogP) is 4.15. The van der Waals surface area contributed by atoms with E-state index in [-0.39, 0.29) is 17.9 Å². The molecule has 0 bridgehead atoms. The van der Waals surface area contributed by atoms with Gasteiger partial charge in [-0.25, -0.2) is 0 Å². The lowest BCUT2D eigenvalue weighted by Gasteiger charge is -2.22. The molecule has 5 nitrogen and oxygen atoms in total. The highest BCUT2D eigenvalue weighted by molar-refractivity contribution is 6.34. The van der Waals surface area contributed by atoms with E-state index in [0.717, 1.165) is 25.7 Å². The number of halogens is 1. The lowest BCUT2D eigenvalue weighted by atomic mass is 9.96. The fourth-order valence-corrected chi connectivity index (χ4v) is 3.26. The third-order valence-electron chi connectivity index (χ3n) is 4.28. The molecule has 0 heterocycles. The van der Waals surface area contributed by atoms with Gasteiger partial charge in [0, 0.05) is 19.0 Å². The summed E-state index contributed by atoms with van der Waals surface area (Å²) >= 11 is 6.19. The van der Waals surface area contributed by atoms with Gasteiger partial charge in [-0.15, -0.1) is 0 Å². The number of carbonyl (C=O) groups is 2. The van der Waals surface area contributed by atoms with E-state index in [1.165, 1.54) is 33.3 Å². The number of ether oxygens (including phenoxy) is 1. The maximum atomic E-state index is 12.6. The average molecular weight is 353 g/mol. The van der Waals surface area contributed by atoms with Gasteiger partial charge < -0.3 is 15.4 Å². The van der Waals surface area contributed by atoms with Crippen LogP contribution in [0.1, 0.15) is 62.2 Å². The van der Waals surface area contributed by atoms with Crippen LogP contribution in [0.4, 0.5) is 5.69 Å². The maximum absolute atomic E-state index is 12.6. The summed E-state index contributed by atoms with van der Waals surface area (Å²) in [5.41, 5.74) is 0.821. The Labute approximate surface area is 148 Å². The Morgan fingerprint density at radius 3 is 2.33 bits per heavy atom. The highest BCUT2D eigenvalue weighted by Gasteiger charge is 2.20. The van der Waals surface area contributed by atoms with Gasteiger partial charge in [-0.3, -0.25) is 9.59 Å². The molecule has 1 fully saturated rings. The number of rotatable bonds is 4. The minimum absolute atomic E-state index is 0.186. The van der Waals surface area contributed by atoms with Crippen molar-refractivity contribution in [2.24, 2.45) is 0 Å². The molecule has 1 saturated carbocycles. The number of methoxy groups -OCH3 is 1. The normalized spacial score (nSPS) is 16.0. The van der Waals surface area contributed by atoms with Gasteiger partial charge in [0.05, 0.1) is 23.4 Å². The Bertz CT molecular complexity index is 596. The summed E-state index contributed by atoms with van der Waals surface area (Å²) < 4.78 is 5.31. The highest BCUT2D eigenvalue weighted by atomic mass is 35.5. The van der Waals surface area contributed by atoms with Crippen LogP contribution in [0, 0.1) is 0 Å². The Kier molecular flexibility index (Phi) is 6.91. The number of amides is 2. The second-order valence-corrected chi connectivity index (χ2v) is 6.64. The molecule has 2 rings (SSSR count). The van der Waals surface area contributed by atoms with Gasteiger partial charge in [-0.1, -0.05) is 43.7 Å². The molecule has 0 aliphatic heterocycles. The monoisotopic (exact) mass is 352 g/mol. The van der Waals surface area contributed by atoms with Crippen molar-refractivity contribution >= 4 is 29.1 Å². The van der Waals surface area contributed by atoms with Crippen LogP contribution in [0.2, 0.25) is 5.02 Å². The van der Waals surface area contributed by atoms with Crippen molar-refractivity contribution < 1.29 is 14.3 Å². The Morgan fingerprint density at radius 1 is 1.12 bits per heavy atom. The minimum Gasteiger partial charge on any atom is -0.496 e. The molecule has 0 aromatic heterocycles. The van der Waals surface area contributed by atoms with E-state index in [4.69, 9.17) is 16.3 Å². The Balaban J connectivity index is 2.15. The van der Waals surface area contributed by atoms with Gasteiger partial charge in [0.25, 0.3) is 5.91 Å². The van der Waals surface area contributed by atoms with Crippen molar-refractivity contribution in [3.63, 3.8) is 0 Å². The number of hydrogen-bond donors (Lipinski definition) is 2. The van der Waals surface area contributed by atoms with Crippen LogP contribution in [0.25, 0.3) is 0 Å². The van der Waals surface area contributed by atoms with Crippen molar-refractivity contribution in [1.82, 2.24) is 5.32 Å². The zero-order valence-electron chi connectivity index (χ0n) is 14.3. The van der Waals surface area contributed by atoms with E-state index < -0.39 is 0 Å². The molecular weight excluding hydrogens is 328 g/mol. The molecule has 0 radical (unpaired) electrons. The number of hydrogen-bond acceptors (Lipinski definition) is 3. The Morgan fingerprint density at radius 2 is 1.75 bits per heavy atom. The molecule has 1 aliphatic carbocycles. The molecule has 1 aliphatic rings. The van der Waals surface area contributed by atoms with Crippen molar-refractivity contribution in [3.05, 3.63) is 22.7 Å². The molecule has 0 spiro atoms. The summed E-state index contributed by atoms with van der Waals surface area (Å²) in [7, 11) is 1.49. The second kappa shape index (κ2) is 8.92. The van der Waals surface area contributed by atoms with Gasteiger partial charge in [-0.2, -0.15) is 0 Å². The van der Waals surface area contributed by atoms with Crippen LogP contribution in [0.3, 0.4) is 0 Å². The van der Waals surface area contributed by atoms with Crippen molar-refractivity contribution in [1.29, 1.82) is 0 Å². The zero-order chi connectivity index (χ0) is 17.5. The molecule has 0 saturated heterocycles. The van der Waals surface area contributed by atoms with Crippen LogP contribution in [0.5, 0.6) is 5.75 Å². The topological polar surface area (TPSA) is 67.4 Å². The summed E-state index contributed by atoms with van der Waals surface area (Å²) in [4.78, 5) is 23.9. The van der Waals surface area contributed by atoms with Crippen LogP contribution < -0.4 is 15.4 Å². The van der Waals surface area contributed by atoms with Crippen molar-refractivity contribution in [2.45, 2.75) is 57.9 Å². The van der Waals surface area contributed by atoms with Crippen LogP contribution >= 0.6 is 11.6 Å². The molecular formula is C18H25ClN2O3. The lowest BCUT2D eigenvalue weighted by Crippen LogP contribution is -2.35. The molecule has 132 valence electrons. The molecule has 2 N–H and O–H groups in total. The first-order valence-corrected chi connectivity index (χ1v) is 8.85. The van der Waals surface area contributed by atoms with Gasteiger partial charge >= 0.3 is 0 Å². The van der Waals surface area contributed by atoms with E-state index in [0.29, 0.717) is 22.0 Å². The Hall–Kier alpha value is -1.75. The average Bonchev–Trinajstić information content (AvgIpc) is 2.50. The first-order valence-electron chi connectivity index (χ1n) is 8.47. The third kappa shape index (κ3) is 5.13. The SMILES string of the molecule is COc1cc(NC(C)=O)c(Cl)cc1C(=O)NC1CCCCCCC1. The number of carbonyl (C=O) groups excluding carboxylic acids is 2. The van der Waals surface area contributed by atoms with Crippen LogP contribution in [-0.2, 0) is 4.79 Å². The van der Waals surface area contributed by atoms with Gasteiger partial charge in [0.2, 0.25) is 5.91 Å². The molecule has 24 heavy (non-hydrogen) atoms. The smallest absolute Gasteiger partial charge is 0.255 e. The van der Waals surface area contributed by atoms with E-state index >= 15 is 0 Å². The van der Waals surface area contributed by atoms with Crippen molar-refractivity contribution in [2.75, 3.05) is 12.4 Å².